The SMILES string of the molecule is C[C@]1(O)CC[C@@H]2[C@H]3CCC4=CC(=O)CC[C@@]4(C)[C@@H]3CC[C@]21C. The first-order valence-electron chi connectivity index (χ1n) is 9.24. The van der Waals surface area contributed by atoms with Gasteiger partial charge in [-0.25, -0.2) is 0 Å². The third kappa shape index (κ3) is 1.74. The first kappa shape index (κ1) is 14.9. The Morgan fingerprint density at radius 2 is 1.73 bits per heavy atom. The van der Waals surface area contributed by atoms with E-state index in [0.29, 0.717) is 11.7 Å². The van der Waals surface area contributed by atoms with E-state index in [0.717, 1.165) is 43.9 Å². The lowest BCUT2D eigenvalue weighted by atomic mass is 9.46. The number of allylic oxidation sites excluding steroid dienone is 1. The molecule has 0 unspecified atom stereocenters. The first-order valence-corrected chi connectivity index (χ1v) is 9.24. The number of hydrogen-bond acceptors (Lipinski definition) is 2. The summed E-state index contributed by atoms with van der Waals surface area (Å²) in [6.07, 6.45) is 10.7. The van der Waals surface area contributed by atoms with Gasteiger partial charge in [-0.3, -0.25) is 4.79 Å². The Bertz CT molecular complexity index is 546. The van der Waals surface area contributed by atoms with Gasteiger partial charge < -0.3 is 5.11 Å². The molecule has 4 rings (SSSR count). The summed E-state index contributed by atoms with van der Waals surface area (Å²) in [5.74, 6) is 2.50. The molecule has 0 bridgehead atoms. The molecule has 0 heterocycles. The van der Waals surface area contributed by atoms with Crippen molar-refractivity contribution in [1.29, 1.82) is 0 Å². The van der Waals surface area contributed by atoms with Crippen LogP contribution in [0, 0.1) is 28.6 Å². The van der Waals surface area contributed by atoms with Crippen molar-refractivity contribution in [3.8, 4) is 0 Å². The predicted molar refractivity (Wildman–Crippen MR) is 87.3 cm³/mol. The van der Waals surface area contributed by atoms with Crippen molar-refractivity contribution < 1.29 is 9.90 Å². The largest absolute Gasteiger partial charge is 0.390 e. The zero-order valence-electron chi connectivity index (χ0n) is 14.3. The van der Waals surface area contributed by atoms with Gasteiger partial charge in [0.25, 0.3) is 0 Å². The third-order valence-electron chi connectivity index (χ3n) is 8.52. The highest BCUT2D eigenvalue weighted by Crippen LogP contribution is 2.67. The normalized spacial score (nSPS) is 54.3. The molecule has 3 fully saturated rings. The van der Waals surface area contributed by atoms with Crippen LogP contribution in [-0.4, -0.2) is 16.5 Å². The first-order chi connectivity index (χ1) is 10.3. The highest BCUT2D eigenvalue weighted by atomic mass is 16.3. The van der Waals surface area contributed by atoms with Crippen molar-refractivity contribution in [2.24, 2.45) is 28.6 Å². The lowest BCUT2D eigenvalue weighted by molar-refractivity contribution is -0.124. The lowest BCUT2D eigenvalue weighted by Crippen LogP contribution is -2.53. The van der Waals surface area contributed by atoms with Crippen LogP contribution in [0.4, 0.5) is 0 Å². The summed E-state index contributed by atoms with van der Waals surface area (Å²) in [5, 5.41) is 10.9. The van der Waals surface area contributed by atoms with Gasteiger partial charge in [0, 0.05) is 6.42 Å². The van der Waals surface area contributed by atoms with Crippen molar-refractivity contribution in [3.63, 3.8) is 0 Å². The minimum Gasteiger partial charge on any atom is -0.390 e. The van der Waals surface area contributed by atoms with Crippen molar-refractivity contribution in [1.82, 2.24) is 0 Å². The number of carbonyl (C=O) groups excluding carboxylic acids is 1. The molecule has 4 aliphatic rings. The van der Waals surface area contributed by atoms with Gasteiger partial charge in [0.05, 0.1) is 5.60 Å². The van der Waals surface area contributed by atoms with Crippen LogP contribution in [0.2, 0.25) is 0 Å². The van der Waals surface area contributed by atoms with E-state index in [1.54, 1.807) is 0 Å². The Morgan fingerprint density at radius 1 is 1.00 bits per heavy atom. The van der Waals surface area contributed by atoms with E-state index < -0.39 is 5.60 Å². The minimum absolute atomic E-state index is 0.107. The van der Waals surface area contributed by atoms with Crippen molar-refractivity contribution in [3.05, 3.63) is 11.6 Å². The van der Waals surface area contributed by atoms with Crippen molar-refractivity contribution >= 4 is 5.78 Å². The number of hydrogen-bond donors (Lipinski definition) is 1. The fourth-order valence-electron chi connectivity index (χ4n) is 6.80. The van der Waals surface area contributed by atoms with E-state index in [-0.39, 0.29) is 10.8 Å². The Labute approximate surface area is 134 Å². The predicted octanol–water partition coefficient (Wildman–Crippen LogP) is 4.27. The molecular weight excluding hydrogens is 272 g/mol. The number of ketones is 1. The molecule has 2 nitrogen and oxygen atoms in total. The molecule has 0 radical (unpaired) electrons. The molecule has 22 heavy (non-hydrogen) atoms. The Morgan fingerprint density at radius 3 is 2.50 bits per heavy atom. The summed E-state index contributed by atoms with van der Waals surface area (Å²) < 4.78 is 0. The fourth-order valence-corrected chi connectivity index (χ4v) is 6.80. The average molecular weight is 302 g/mol. The van der Waals surface area contributed by atoms with Crippen LogP contribution < -0.4 is 0 Å². The maximum atomic E-state index is 11.8. The van der Waals surface area contributed by atoms with E-state index in [4.69, 9.17) is 0 Å². The second-order valence-corrected chi connectivity index (χ2v) is 9.24. The molecule has 0 aromatic carbocycles. The van der Waals surface area contributed by atoms with E-state index in [9.17, 15) is 9.90 Å². The Balaban J connectivity index is 1.70. The molecule has 2 heteroatoms. The van der Waals surface area contributed by atoms with E-state index in [1.165, 1.54) is 24.8 Å². The van der Waals surface area contributed by atoms with Crippen LogP contribution in [-0.2, 0) is 4.79 Å². The van der Waals surface area contributed by atoms with E-state index in [1.807, 2.05) is 6.08 Å². The second-order valence-electron chi connectivity index (χ2n) is 9.24. The number of rotatable bonds is 0. The summed E-state index contributed by atoms with van der Waals surface area (Å²) in [6, 6.07) is 0. The van der Waals surface area contributed by atoms with Gasteiger partial charge in [0.15, 0.2) is 5.78 Å². The standard InChI is InChI=1S/C20H30O2/c1-18-9-6-14(21)12-13(18)4-5-15-16(18)7-10-19(2)17(15)8-11-20(19,3)22/h12,15-17,22H,4-11H2,1-3H3/t15-,16+,17+,18+,19+,20-/m0/s1. The zero-order chi connectivity index (χ0) is 15.8. The maximum absolute atomic E-state index is 11.8. The second kappa shape index (κ2) is 4.47. The summed E-state index contributed by atoms with van der Waals surface area (Å²) in [5.41, 5.74) is 1.32. The minimum atomic E-state index is -0.484. The van der Waals surface area contributed by atoms with Gasteiger partial charge in [-0.15, -0.1) is 0 Å². The number of carbonyl (C=O) groups is 1. The van der Waals surface area contributed by atoms with Gasteiger partial charge >= 0.3 is 0 Å². The molecule has 0 aliphatic heterocycles. The van der Waals surface area contributed by atoms with Crippen molar-refractivity contribution in [2.75, 3.05) is 0 Å². The fraction of sp³-hybridized carbons (Fsp3) is 0.850. The zero-order valence-corrected chi connectivity index (χ0v) is 14.3. The van der Waals surface area contributed by atoms with Gasteiger partial charge in [-0.1, -0.05) is 19.4 Å². The van der Waals surface area contributed by atoms with Crippen LogP contribution in [0.1, 0.15) is 72.1 Å². The van der Waals surface area contributed by atoms with Crippen LogP contribution in [0.3, 0.4) is 0 Å². The highest BCUT2D eigenvalue weighted by molar-refractivity contribution is 5.91. The molecule has 0 aromatic rings. The van der Waals surface area contributed by atoms with Gasteiger partial charge in [-0.05, 0) is 86.5 Å². The quantitative estimate of drug-likeness (QED) is 0.725. The molecule has 6 atom stereocenters. The lowest BCUT2D eigenvalue weighted by Gasteiger charge is -2.58. The summed E-state index contributed by atoms with van der Waals surface area (Å²) in [7, 11) is 0. The molecule has 0 aromatic heterocycles. The smallest absolute Gasteiger partial charge is 0.155 e. The third-order valence-corrected chi connectivity index (χ3v) is 8.52. The molecule has 4 aliphatic carbocycles. The van der Waals surface area contributed by atoms with Gasteiger partial charge in [-0.2, -0.15) is 0 Å². The molecule has 0 saturated heterocycles. The number of fused-ring (bicyclic) bond motifs is 5. The molecule has 3 saturated carbocycles. The molecule has 0 spiro atoms. The maximum Gasteiger partial charge on any atom is 0.155 e. The van der Waals surface area contributed by atoms with Crippen LogP contribution in [0.15, 0.2) is 11.6 Å². The highest BCUT2D eigenvalue weighted by Gasteiger charge is 2.62. The molecule has 1 N–H and O–H groups in total. The molecule has 0 amide bonds. The summed E-state index contributed by atoms with van der Waals surface area (Å²) in [6.45, 7) is 6.85. The van der Waals surface area contributed by atoms with E-state index in [2.05, 4.69) is 20.8 Å². The van der Waals surface area contributed by atoms with Gasteiger partial charge in [0.1, 0.15) is 0 Å². The summed E-state index contributed by atoms with van der Waals surface area (Å²) >= 11 is 0. The van der Waals surface area contributed by atoms with Crippen LogP contribution >= 0.6 is 0 Å². The topological polar surface area (TPSA) is 37.3 Å². The average Bonchev–Trinajstić information content (AvgIpc) is 2.70. The Kier molecular flexibility index (Phi) is 3.03. The Hall–Kier alpha value is -0.630. The van der Waals surface area contributed by atoms with Crippen LogP contribution in [0.5, 0.6) is 0 Å². The van der Waals surface area contributed by atoms with E-state index >= 15 is 0 Å². The molecule has 122 valence electrons. The van der Waals surface area contributed by atoms with Crippen molar-refractivity contribution in [2.45, 2.75) is 77.7 Å². The monoisotopic (exact) mass is 302 g/mol. The summed E-state index contributed by atoms with van der Waals surface area (Å²) in [4.78, 5) is 11.8. The number of aliphatic hydroxyl groups is 1. The van der Waals surface area contributed by atoms with Crippen LogP contribution in [0.25, 0.3) is 0 Å². The molecular formula is C20H30O2. The van der Waals surface area contributed by atoms with Gasteiger partial charge in [0.2, 0.25) is 0 Å².